The molecule has 0 saturated carbocycles. The van der Waals surface area contributed by atoms with Crippen molar-refractivity contribution in [1.82, 2.24) is 35.4 Å². The SMILES string of the molecule is Cl.O=C(Cc1ccc(-n2cnnn2)cn1)N1CCNCC1. The van der Waals surface area contributed by atoms with E-state index in [4.69, 9.17) is 0 Å². The van der Waals surface area contributed by atoms with Crippen LogP contribution >= 0.6 is 12.4 Å². The van der Waals surface area contributed by atoms with Crippen LogP contribution < -0.4 is 5.32 Å². The second-order valence-electron chi connectivity index (χ2n) is 4.57. The largest absolute Gasteiger partial charge is 0.340 e. The second-order valence-corrected chi connectivity index (χ2v) is 4.57. The van der Waals surface area contributed by atoms with E-state index in [-0.39, 0.29) is 18.3 Å². The van der Waals surface area contributed by atoms with Crippen molar-refractivity contribution in [2.24, 2.45) is 0 Å². The maximum atomic E-state index is 12.1. The summed E-state index contributed by atoms with van der Waals surface area (Å²) in [6.07, 6.45) is 3.50. The average Bonchev–Trinajstić information content (AvgIpc) is 3.03. The summed E-state index contributed by atoms with van der Waals surface area (Å²) in [5.41, 5.74) is 1.53. The van der Waals surface area contributed by atoms with Gasteiger partial charge in [-0.05, 0) is 22.6 Å². The summed E-state index contributed by atoms with van der Waals surface area (Å²) in [6, 6.07) is 3.68. The minimum Gasteiger partial charge on any atom is -0.340 e. The van der Waals surface area contributed by atoms with E-state index >= 15 is 0 Å². The lowest BCUT2D eigenvalue weighted by atomic mass is 10.2. The third-order valence-corrected chi connectivity index (χ3v) is 3.22. The quantitative estimate of drug-likeness (QED) is 0.818. The Morgan fingerprint density at radius 2 is 2.10 bits per heavy atom. The molecule has 1 N–H and O–H groups in total. The van der Waals surface area contributed by atoms with Crippen LogP contribution in [0.3, 0.4) is 0 Å². The number of nitrogens with one attached hydrogen (secondary N) is 1. The van der Waals surface area contributed by atoms with E-state index < -0.39 is 0 Å². The van der Waals surface area contributed by atoms with Crippen molar-refractivity contribution in [2.45, 2.75) is 6.42 Å². The summed E-state index contributed by atoms with van der Waals surface area (Å²) < 4.78 is 1.52. The van der Waals surface area contributed by atoms with Crippen LogP contribution in [0.1, 0.15) is 5.69 Å². The van der Waals surface area contributed by atoms with Crippen molar-refractivity contribution in [1.29, 1.82) is 0 Å². The van der Waals surface area contributed by atoms with Crippen LogP contribution in [0.15, 0.2) is 24.7 Å². The lowest BCUT2D eigenvalue weighted by Crippen LogP contribution is -2.47. The van der Waals surface area contributed by atoms with Crippen molar-refractivity contribution in [3.8, 4) is 5.69 Å². The summed E-state index contributed by atoms with van der Waals surface area (Å²) in [7, 11) is 0. The minimum absolute atomic E-state index is 0. The number of rotatable bonds is 3. The standard InChI is InChI=1S/C12H15N7O.ClH/c20-12(18-5-3-13-4-6-18)7-10-1-2-11(8-14-10)19-9-15-16-17-19;/h1-2,8-9,13H,3-7H2;1H. The molecule has 0 aliphatic carbocycles. The number of hydrogen-bond acceptors (Lipinski definition) is 6. The van der Waals surface area contributed by atoms with Gasteiger partial charge in [0.15, 0.2) is 0 Å². The first-order valence-corrected chi connectivity index (χ1v) is 6.50. The van der Waals surface area contributed by atoms with Crippen molar-refractivity contribution >= 4 is 18.3 Å². The first kappa shape index (κ1) is 15.3. The number of piperazine rings is 1. The molecule has 112 valence electrons. The topological polar surface area (TPSA) is 88.8 Å². The molecule has 0 bridgehead atoms. The molecule has 1 saturated heterocycles. The first-order chi connectivity index (χ1) is 9.83. The molecule has 0 unspecified atom stereocenters. The monoisotopic (exact) mass is 309 g/mol. The number of amides is 1. The summed E-state index contributed by atoms with van der Waals surface area (Å²) >= 11 is 0. The normalized spacial score (nSPS) is 14.6. The van der Waals surface area contributed by atoms with E-state index in [1.54, 1.807) is 6.20 Å². The van der Waals surface area contributed by atoms with E-state index in [0.717, 1.165) is 37.6 Å². The van der Waals surface area contributed by atoms with Crippen LogP contribution in [0.25, 0.3) is 5.69 Å². The van der Waals surface area contributed by atoms with Crippen LogP contribution in [0.2, 0.25) is 0 Å². The number of hydrogen-bond donors (Lipinski definition) is 1. The van der Waals surface area contributed by atoms with E-state index in [1.165, 1.54) is 11.0 Å². The summed E-state index contributed by atoms with van der Waals surface area (Å²) in [5, 5.41) is 14.1. The molecule has 0 aromatic carbocycles. The van der Waals surface area contributed by atoms with Crippen molar-refractivity contribution in [2.75, 3.05) is 26.2 Å². The molecule has 1 aliphatic rings. The van der Waals surface area contributed by atoms with Crippen molar-refractivity contribution < 1.29 is 4.79 Å². The highest BCUT2D eigenvalue weighted by molar-refractivity contribution is 5.85. The Hall–Kier alpha value is -2.06. The molecule has 3 rings (SSSR count). The van der Waals surface area contributed by atoms with Crippen LogP contribution in [-0.4, -0.2) is 62.2 Å². The number of tetrazole rings is 1. The van der Waals surface area contributed by atoms with Gasteiger partial charge in [0.25, 0.3) is 0 Å². The summed E-state index contributed by atoms with van der Waals surface area (Å²) in [5.74, 6) is 0.120. The minimum atomic E-state index is 0. The molecular formula is C12H16ClN7O. The summed E-state index contributed by atoms with van der Waals surface area (Å²) in [6.45, 7) is 3.25. The molecule has 0 radical (unpaired) electrons. The zero-order chi connectivity index (χ0) is 13.8. The maximum absolute atomic E-state index is 12.1. The predicted molar refractivity (Wildman–Crippen MR) is 77.4 cm³/mol. The number of carbonyl (C=O) groups excluding carboxylic acids is 1. The Morgan fingerprint density at radius 1 is 1.29 bits per heavy atom. The molecule has 8 nitrogen and oxygen atoms in total. The van der Waals surface area contributed by atoms with Gasteiger partial charge in [0.2, 0.25) is 5.91 Å². The second kappa shape index (κ2) is 7.09. The smallest absolute Gasteiger partial charge is 0.228 e. The summed E-state index contributed by atoms with van der Waals surface area (Å²) in [4.78, 5) is 18.3. The van der Waals surface area contributed by atoms with Gasteiger partial charge in [-0.2, -0.15) is 4.68 Å². The lowest BCUT2D eigenvalue weighted by Gasteiger charge is -2.27. The highest BCUT2D eigenvalue weighted by Gasteiger charge is 2.16. The van der Waals surface area contributed by atoms with E-state index in [0.29, 0.717) is 6.42 Å². The van der Waals surface area contributed by atoms with Gasteiger partial charge in [-0.3, -0.25) is 9.78 Å². The molecule has 3 heterocycles. The van der Waals surface area contributed by atoms with Gasteiger partial charge in [-0.15, -0.1) is 17.5 Å². The number of halogens is 1. The molecule has 2 aromatic heterocycles. The number of pyridine rings is 1. The fourth-order valence-electron chi connectivity index (χ4n) is 2.12. The number of nitrogens with zero attached hydrogens (tertiary/aromatic N) is 6. The molecular weight excluding hydrogens is 294 g/mol. The third kappa shape index (κ3) is 3.73. The van der Waals surface area contributed by atoms with E-state index in [9.17, 15) is 4.79 Å². The molecule has 0 spiro atoms. The van der Waals surface area contributed by atoms with Crippen LogP contribution in [-0.2, 0) is 11.2 Å². The van der Waals surface area contributed by atoms with E-state index in [1.807, 2.05) is 17.0 Å². The highest BCUT2D eigenvalue weighted by atomic mass is 35.5. The van der Waals surface area contributed by atoms with Gasteiger partial charge in [-0.1, -0.05) is 0 Å². The van der Waals surface area contributed by atoms with Crippen molar-refractivity contribution in [3.05, 3.63) is 30.4 Å². The van der Waals surface area contributed by atoms with E-state index in [2.05, 4.69) is 25.8 Å². The van der Waals surface area contributed by atoms with Gasteiger partial charge < -0.3 is 10.2 Å². The molecule has 21 heavy (non-hydrogen) atoms. The first-order valence-electron chi connectivity index (χ1n) is 6.50. The predicted octanol–water partition coefficient (Wildman–Crippen LogP) is -0.547. The lowest BCUT2D eigenvalue weighted by molar-refractivity contribution is -0.131. The molecule has 1 fully saturated rings. The zero-order valence-electron chi connectivity index (χ0n) is 11.3. The molecule has 0 atom stereocenters. The maximum Gasteiger partial charge on any atom is 0.228 e. The highest BCUT2D eigenvalue weighted by Crippen LogP contribution is 2.06. The Balaban J connectivity index is 0.00000161. The van der Waals surface area contributed by atoms with Crippen LogP contribution in [0, 0.1) is 0 Å². The van der Waals surface area contributed by atoms with Gasteiger partial charge in [-0.25, -0.2) is 0 Å². The fraction of sp³-hybridized carbons (Fsp3) is 0.417. The third-order valence-electron chi connectivity index (χ3n) is 3.22. The van der Waals surface area contributed by atoms with Gasteiger partial charge in [0.05, 0.1) is 18.3 Å². The Kier molecular flexibility index (Phi) is 5.18. The molecule has 2 aromatic rings. The zero-order valence-corrected chi connectivity index (χ0v) is 12.2. The van der Waals surface area contributed by atoms with Gasteiger partial charge in [0.1, 0.15) is 6.33 Å². The average molecular weight is 310 g/mol. The number of carbonyl (C=O) groups is 1. The van der Waals surface area contributed by atoms with Crippen LogP contribution in [0.5, 0.6) is 0 Å². The number of aromatic nitrogens is 5. The molecule has 1 aliphatic heterocycles. The molecule has 9 heteroatoms. The fourth-order valence-corrected chi connectivity index (χ4v) is 2.12. The Bertz CT molecular complexity index is 566. The Labute approximate surface area is 127 Å². The molecule has 1 amide bonds. The van der Waals surface area contributed by atoms with Gasteiger partial charge >= 0.3 is 0 Å². The Morgan fingerprint density at radius 3 is 2.71 bits per heavy atom. The van der Waals surface area contributed by atoms with Gasteiger partial charge in [0, 0.05) is 31.9 Å². The van der Waals surface area contributed by atoms with Crippen molar-refractivity contribution in [3.63, 3.8) is 0 Å². The van der Waals surface area contributed by atoms with Crippen LogP contribution in [0.4, 0.5) is 0 Å².